The second-order valence-corrected chi connectivity index (χ2v) is 5.21. The fourth-order valence-corrected chi connectivity index (χ4v) is 1.67. The topological polar surface area (TPSA) is 18.5 Å². The van der Waals surface area contributed by atoms with Crippen LogP contribution < -0.4 is 5.32 Å². The van der Waals surface area contributed by atoms with E-state index in [0.717, 1.165) is 26.2 Å². The molecule has 0 rings (SSSR count). The van der Waals surface area contributed by atoms with Crippen molar-refractivity contribution in [2.75, 3.05) is 47.3 Å². The van der Waals surface area contributed by atoms with Crippen molar-refractivity contribution in [1.29, 1.82) is 0 Å². The zero-order valence-electron chi connectivity index (χ0n) is 12.1. The number of nitrogens with zero attached hydrogens (tertiary/aromatic N) is 2. The Morgan fingerprint density at radius 3 is 2.19 bits per heavy atom. The lowest BCUT2D eigenvalue weighted by Gasteiger charge is -2.30. The van der Waals surface area contributed by atoms with Gasteiger partial charge in [-0.3, -0.25) is 0 Å². The number of likely N-dealkylation sites (N-methyl/N-ethyl adjacent to an activating group) is 2. The maximum atomic E-state index is 3.50. The molecule has 98 valence electrons. The highest BCUT2D eigenvalue weighted by molar-refractivity contribution is 4.72. The van der Waals surface area contributed by atoms with Gasteiger partial charge in [-0.25, -0.2) is 0 Å². The molecule has 0 radical (unpaired) electrons. The van der Waals surface area contributed by atoms with Gasteiger partial charge in [-0.15, -0.1) is 0 Å². The van der Waals surface area contributed by atoms with Crippen molar-refractivity contribution in [3.05, 3.63) is 0 Å². The first kappa shape index (κ1) is 15.9. The van der Waals surface area contributed by atoms with Crippen LogP contribution >= 0.6 is 0 Å². The normalized spacial score (nSPS) is 15.8. The zero-order chi connectivity index (χ0) is 12.6. The summed E-state index contributed by atoms with van der Waals surface area (Å²) in [5, 5.41) is 3.50. The SMILES string of the molecule is CCCNCC(C)C(C)N(C)CCN(C)C. The van der Waals surface area contributed by atoms with E-state index in [9.17, 15) is 0 Å². The predicted octanol–water partition coefficient (Wildman–Crippen LogP) is 1.50. The smallest absolute Gasteiger partial charge is 0.0109 e. The van der Waals surface area contributed by atoms with Gasteiger partial charge in [0.2, 0.25) is 0 Å². The van der Waals surface area contributed by atoms with Crippen LogP contribution in [0.2, 0.25) is 0 Å². The predicted molar refractivity (Wildman–Crippen MR) is 73.0 cm³/mol. The number of hydrogen-bond acceptors (Lipinski definition) is 3. The van der Waals surface area contributed by atoms with Gasteiger partial charge < -0.3 is 15.1 Å². The molecule has 0 aromatic carbocycles. The average Bonchev–Trinajstić information content (AvgIpc) is 2.24. The van der Waals surface area contributed by atoms with Gasteiger partial charge in [0.1, 0.15) is 0 Å². The fourth-order valence-electron chi connectivity index (χ4n) is 1.67. The Balaban J connectivity index is 3.77. The highest BCUT2D eigenvalue weighted by Crippen LogP contribution is 2.07. The van der Waals surface area contributed by atoms with Crippen molar-refractivity contribution in [3.8, 4) is 0 Å². The number of rotatable bonds is 9. The van der Waals surface area contributed by atoms with Crippen molar-refractivity contribution < 1.29 is 0 Å². The summed E-state index contributed by atoms with van der Waals surface area (Å²) in [6.45, 7) is 11.4. The Kier molecular flexibility index (Phi) is 8.90. The van der Waals surface area contributed by atoms with E-state index in [1.807, 2.05) is 0 Å². The minimum absolute atomic E-state index is 0.643. The van der Waals surface area contributed by atoms with Crippen molar-refractivity contribution in [2.45, 2.75) is 33.2 Å². The lowest BCUT2D eigenvalue weighted by atomic mass is 10.0. The third kappa shape index (κ3) is 7.20. The third-order valence-electron chi connectivity index (χ3n) is 3.31. The summed E-state index contributed by atoms with van der Waals surface area (Å²) in [6.07, 6.45) is 1.22. The van der Waals surface area contributed by atoms with Crippen molar-refractivity contribution in [2.24, 2.45) is 5.92 Å². The van der Waals surface area contributed by atoms with Gasteiger partial charge in [-0.1, -0.05) is 13.8 Å². The van der Waals surface area contributed by atoms with Gasteiger partial charge in [0.25, 0.3) is 0 Å². The van der Waals surface area contributed by atoms with Crippen LogP contribution in [0, 0.1) is 5.92 Å². The summed E-state index contributed by atoms with van der Waals surface area (Å²) in [7, 11) is 6.49. The van der Waals surface area contributed by atoms with Gasteiger partial charge in [-0.2, -0.15) is 0 Å². The Morgan fingerprint density at radius 1 is 1.06 bits per heavy atom. The summed E-state index contributed by atoms with van der Waals surface area (Å²) < 4.78 is 0. The van der Waals surface area contributed by atoms with Crippen LogP contribution in [-0.4, -0.2) is 63.2 Å². The second kappa shape index (κ2) is 8.97. The van der Waals surface area contributed by atoms with Crippen LogP contribution in [0.5, 0.6) is 0 Å². The summed E-state index contributed by atoms with van der Waals surface area (Å²) in [4.78, 5) is 4.70. The molecule has 0 aliphatic rings. The van der Waals surface area contributed by atoms with Crippen LogP contribution in [0.25, 0.3) is 0 Å². The van der Waals surface area contributed by atoms with Gasteiger partial charge in [0.05, 0.1) is 0 Å². The van der Waals surface area contributed by atoms with E-state index < -0.39 is 0 Å². The van der Waals surface area contributed by atoms with E-state index in [2.05, 4.69) is 57.0 Å². The van der Waals surface area contributed by atoms with Gasteiger partial charge in [0.15, 0.2) is 0 Å². The molecule has 0 aromatic rings. The highest BCUT2D eigenvalue weighted by Gasteiger charge is 2.16. The van der Waals surface area contributed by atoms with E-state index in [1.54, 1.807) is 0 Å². The molecule has 0 saturated heterocycles. The molecule has 1 N–H and O–H groups in total. The zero-order valence-corrected chi connectivity index (χ0v) is 12.1. The first-order valence-electron chi connectivity index (χ1n) is 6.54. The molecule has 0 amide bonds. The van der Waals surface area contributed by atoms with E-state index in [0.29, 0.717) is 12.0 Å². The maximum absolute atomic E-state index is 3.50. The van der Waals surface area contributed by atoms with Gasteiger partial charge in [-0.05, 0) is 53.5 Å². The van der Waals surface area contributed by atoms with Crippen LogP contribution in [0.1, 0.15) is 27.2 Å². The molecular weight excluding hydrogens is 198 g/mol. The molecule has 2 unspecified atom stereocenters. The molecule has 0 aromatic heterocycles. The second-order valence-electron chi connectivity index (χ2n) is 5.21. The molecule has 0 fully saturated rings. The molecule has 0 heterocycles. The van der Waals surface area contributed by atoms with Crippen LogP contribution in [0.15, 0.2) is 0 Å². The Labute approximate surface area is 102 Å². The van der Waals surface area contributed by atoms with Crippen LogP contribution in [0.4, 0.5) is 0 Å². The lowest BCUT2D eigenvalue weighted by Crippen LogP contribution is -2.41. The van der Waals surface area contributed by atoms with Crippen LogP contribution in [-0.2, 0) is 0 Å². The van der Waals surface area contributed by atoms with Crippen LogP contribution in [0.3, 0.4) is 0 Å². The first-order valence-corrected chi connectivity index (χ1v) is 6.54. The quantitative estimate of drug-likeness (QED) is 0.605. The Bertz CT molecular complexity index is 159. The maximum Gasteiger partial charge on any atom is 0.0109 e. The fraction of sp³-hybridized carbons (Fsp3) is 1.00. The van der Waals surface area contributed by atoms with E-state index in [1.165, 1.54) is 6.42 Å². The standard InChI is InChI=1S/C13H31N3/c1-7-8-14-11-12(2)13(3)16(6)10-9-15(4)5/h12-14H,7-11H2,1-6H3. The lowest BCUT2D eigenvalue weighted by molar-refractivity contribution is 0.180. The minimum atomic E-state index is 0.643. The molecular formula is C13H31N3. The largest absolute Gasteiger partial charge is 0.316 e. The van der Waals surface area contributed by atoms with E-state index in [-0.39, 0.29) is 0 Å². The van der Waals surface area contributed by atoms with Gasteiger partial charge >= 0.3 is 0 Å². The first-order chi connectivity index (χ1) is 7.49. The molecule has 3 nitrogen and oxygen atoms in total. The molecule has 0 saturated carbocycles. The molecule has 0 spiro atoms. The molecule has 0 aliphatic heterocycles. The Hall–Kier alpha value is -0.120. The monoisotopic (exact) mass is 229 g/mol. The van der Waals surface area contributed by atoms with Crippen molar-refractivity contribution in [1.82, 2.24) is 15.1 Å². The van der Waals surface area contributed by atoms with E-state index >= 15 is 0 Å². The van der Waals surface area contributed by atoms with Crippen molar-refractivity contribution in [3.63, 3.8) is 0 Å². The molecule has 3 heteroatoms. The highest BCUT2D eigenvalue weighted by atomic mass is 15.2. The number of hydrogen-bond donors (Lipinski definition) is 1. The summed E-state index contributed by atoms with van der Waals surface area (Å²) >= 11 is 0. The summed E-state index contributed by atoms with van der Waals surface area (Å²) in [6, 6.07) is 0.643. The van der Waals surface area contributed by atoms with Crippen molar-refractivity contribution >= 4 is 0 Å². The minimum Gasteiger partial charge on any atom is -0.316 e. The summed E-state index contributed by atoms with van der Waals surface area (Å²) in [5.74, 6) is 0.707. The van der Waals surface area contributed by atoms with E-state index in [4.69, 9.17) is 0 Å². The molecule has 0 aliphatic carbocycles. The number of nitrogens with one attached hydrogen (secondary N) is 1. The molecule has 16 heavy (non-hydrogen) atoms. The average molecular weight is 229 g/mol. The van der Waals surface area contributed by atoms with Gasteiger partial charge in [0, 0.05) is 19.1 Å². The third-order valence-corrected chi connectivity index (χ3v) is 3.31. The molecule has 0 bridgehead atoms. The molecule has 2 atom stereocenters. The Morgan fingerprint density at radius 2 is 1.69 bits per heavy atom. The summed E-state index contributed by atoms with van der Waals surface area (Å²) in [5.41, 5.74) is 0.